The number of halogens is 3. The summed E-state index contributed by atoms with van der Waals surface area (Å²) >= 11 is 1.26. The van der Waals surface area contributed by atoms with Crippen LogP contribution >= 0.6 is 11.3 Å². The molecule has 2 aromatic heterocycles. The van der Waals surface area contributed by atoms with E-state index in [9.17, 15) is 18.0 Å². The van der Waals surface area contributed by atoms with E-state index in [1.54, 1.807) is 17.6 Å². The van der Waals surface area contributed by atoms with Crippen LogP contribution in [-0.2, 0) is 6.54 Å². The molecule has 0 aliphatic rings. The smallest absolute Gasteiger partial charge is 0.494 e. The van der Waals surface area contributed by atoms with Gasteiger partial charge in [0, 0.05) is 23.8 Å². The van der Waals surface area contributed by atoms with Crippen LogP contribution in [0.3, 0.4) is 0 Å². The molecule has 0 aliphatic carbocycles. The number of anilines is 2. The molecule has 4 aromatic rings. The zero-order valence-corrected chi connectivity index (χ0v) is 18.8. The lowest BCUT2D eigenvalue weighted by atomic mass is 10.1. The molecule has 10 heteroatoms. The third-order valence-corrected chi connectivity index (χ3v) is 5.71. The minimum atomic E-state index is -4.77. The number of hydrogen-bond acceptors (Lipinski definition) is 6. The van der Waals surface area contributed by atoms with E-state index in [-0.39, 0.29) is 11.7 Å². The highest BCUT2D eigenvalue weighted by Crippen LogP contribution is 2.28. The van der Waals surface area contributed by atoms with Crippen LogP contribution in [0.1, 0.15) is 22.2 Å². The SMILES string of the molecule is CCOc1ccc2nccc(CNc3ccsc3C(=O)Nc3ccc(OC(F)(F)F)cc3)c2c1. The standard InChI is InChI=1S/C24H20F3N3O3S/c1-2-32-18-7-8-20-19(13-18)15(9-11-28-20)14-29-21-10-12-34-22(21)23(31)30-16-3-5-17(6-4-16)33-24(25,26)27/h3-13,29H,2,14H2,1H3,(H,30,31). The fourth-order valence-electron chi connectivity index (χ4n) is 3.34. The summed E-state index contributed by atoms with van der Waals surface area (Å²) < 4.78 is 46.4. The number of rotatable bonds is 8. The second-order valence-corrected chi connectivity index (χ2v) is 8.04. The minimum absolute atomic E-state index is 0.349. The van der Waals surface area contributed by atoms with E-state index < -0.39 is 6.36 Å². The zero-order chi connectivity index (χ0) is 24.1. The van der Waals surface area contributed by atoms with Gasteiger partial charge in [0.15, 0.2) is 0 Å². The Morgan fingerprint density at radius 3 is 2.56 bits per heavy atom. The first-order valence-corrected chi connectivity index (χ1v) is 11.2. The van der Waals surface area contributed by atoms with Crippen LogP contribution < -0.4 is 20.1 Å². The molecule has 2 aromatic carbocycles. The topological polar surface area (TPSA) is 72.5 Å². The molecular formula is C24H20F3N3O3S. The Balaban J connectivity index is 1.45. The number of nitrogens with one attached hydrogen (secondary N) is 2. The molecule has 0 spiro atoms. The molecule has 0 saturated heterocycles. The third kappa shape index (κ3) is 5.76. The van der Waals surface area contributed by atoms with E-state index in [0.717, 1.165) is 34.3 Å². The van der Waals surface area contributed by atoms with Gasteiger partial charge >= 0.3 is 6.36 Å². The number of fused-ring (bicyclic) bond motifs is 1. The van der Waals surface area contributed by atoms with Crippen molar-refractivity contribution in [2.45, 2.75) is 19.8 Å². The largest absolute Gasteiger partial charge is 0.573 e. The summed E-state index contributed by atoms with van der Waals surface area (Å²) in [6, 6.07) is 14.4. The van der Waals surface area contributed by atoms with Gasteiger partial charge in [-0.3, -0.25) is 9.78 Å². The number of alkyl halides is 3. The van der Waals surface area contributed by atoms with Crippen LogP contribution in [0.2, 0.25) is 0 Å². The van der Waals surface area contributed by atoms with Gasteiger partial charge in [-0.15, -0.1) is 24.5 Å². The number of ether oxygens (including phenoxy) is 2. The quantitative estimate of drug-likeness (QED) is 0.299. The molecule has 0 unspecified atom stereocenters. The number of aromatic nitrogens is 1. The number of nitrogens with zero attached hydrogens (tertiary/aromatic N) is 1. The fourth-order valence-corrected chi connectivity index (χ4v) is 4.10. The Bertz CT molecular complexity index is 1290. The molecule has 6 nitrogen and oxygen atoms in total. The first-order chi connectivity index (χ1) is 16.3. The molecule has 176 valence electrons. The van der Waals surface area contributed by atoms with Crippen molar-refractivity contribution in [3.8, 4) is 11.5 Å². The summed E-state index contributed by atoms with van der Waals surface area (Å²) in [7, 11) is 0. The third-order valence-electron chi connectivity index (χ3n) is 4.80. The van der Waals surface area contributed by atoms with Crippen LogP contribution in [0.4, 0.5) is 24.5 Å². The number of carbonyl (C=O) groups excluding carboxylic acids is 1. The number of carbonyl (C=O) groups is 1. The highest BCUT2D eigenvalue weighted by atomic mass is 32.1. The van der Waals surface area contributed by atoms with Crippen molar-refractivity contribution in [3.05, 3.63) is 76.6 Å². The average molecular weight is 488 g/mol. The molecule has 0 radical (unpaired) electrons. The van der Waals surface area contributed by atoms with Crippen molar-refractivity contribution in [2.24, 2.45) is 0 Å². The molecule has 1 amide bonds. The number of amides is 1. The van der Waals surface area contributed by atoms with E-state index in [1.807, 2.05) is 31.2 Å². The zero-order valence-electron chi connectivity index (χ0n) is 18.0. The minimum Gasteiger partial charge on any atom is -0.494 e. The van der Waals surface area contributed by atoms with Crippen molar-refractivity contribution in [3.63, 3.8) is 0 Å². The second kappa shape index (κ2) is 10.0. The highest BCUT2D eigenvalue weighted by Gasteiger charge is 2.31. The maximum Gasteiger partial charge on any atom is 0.573 e. The normalized spacial score (nSPS) is 11.3. The number of benzene rings is 2. The number of hydrogen-bond donors (Lipinski definition) is 2. The Labute approximate surface area is 197 Å². The van der Waals surface area contributed by atoms with Gasteiger partial charge in [-0.05, 0) is 72.5 Å². The van der Waals surface area contributed by atoms with Crippen LogP contribution in [0, 0.1) is 0 Å². The lowest BCUT2D eigenvalue weighted by molar-refractivity contribution is -0.274. The van der Waals surface area contributed by atoms with Gasteiger partial charge in [-0.2, -0.15) is 0 Å². The molecule has 2 heterocycles. The maximum atomic E-state index is 12.8. The summed E-state index contributed by atoms with van der Waals surface area (Å²) in [5, 5.41) is 8.72. The van der Waals surface area contributed by atoms with Crippen LogP contribution in [0.5, 0.6) is 11.5 Å². The first-order valence-electron chi connectivity index (χ1n) is 10.3. The fraction of sp³-hybridized carbons (Fsp3) is 0.167. The summed E-state index contributed by atoms with van der Waals surface area (Å²) in [5.41, 5.74) is 2.82. The predicted octanol–water partition coefficient (Wildman–Crippen LogP) is 6.46. The second-order valence-electron chi connectivity index (χ2n) is 7.13. The average Bonchev–Trinajstić information content (AvgIpc) is 3.27. The first kappa shape index (κ1) is 23.4. The van der Waals surface area contributed by atoms with E-state index in [4.69, 9.17) is 4.74 Å². The molecule has 34 heavy (non-hydrogen) atoms. The summed E-state index contributed by atoms with van der Waals surface area (Å²) in [4.78, 5) is 17.6. The van der Waals surface area contributed by atoms with Crippen molar-refractivity contribution in [1.82, 2.24) is 4.98 Å². The summed E-state index contributed by atoms with van der Waals surface area (Å²) in [6.45, 7) is 2.93. The highest BCUT2D eigenvalue weighted by molar-refractivity contribution is 7.12. The van der Waals surface area contributed by atoms with E-state index >= 15 is 0 Å². The molecule has 0 fully saturated rings. The van der Waals surface area contributed by atoms with Gasteiger partial charge in [-0.25, -0.2) is 0 Å². The van der Waals surface area contributed by atoms with Crippen LogP contribution in [0.15, 0.2) is 66.2 Å². The van der Waals surface area contributed by atoms with Gasteiger partial charge in [0.2, 0.25) is 0 Å². The van der Waals surface area contributed by atoms with E-state index in [0.29, 0.717) is 29.4 Å². The van der Waals surface area contributed by atoms with Crippen molar-refractivity contribution in [2.75, 3.05) is 17.2 Å². The maximum absolute atomic E-state index is 12.8. The molecule has 0 aliphatic heterocycles. The molecule has 0 saturated carbocycles. The van der Waals surface area contributed by atoms with Gasteiger partial charge in [0.05, 0.1) is 17.8 Å². The molecule has 0 atom stereocenters. The predicted molar refractivity (Wildman–Crippen MR) is 126 cm³/mol. The van der Waals surface area contributed by atoms with Gasteiger partial charge in [0.25, 0.3) is 5.91 Å². The molecule has 2 N–H and O–H groups in total. The Morgan fingerprint density at radius 2 is 1.82 bits per heavy atom. The Kier molecular flexibility index (Phi) is 6.87. The molecule has 4 rings (SSSR count). The van der Waals surface area contributed by atoms with Crippen molar-refractivity contribution in [1.29, 1.82) is 0 Å². The van der Waals surface area contributed by atoms with Gasteiger partial charge < -0.3 is 20.1 Å². The number of pyridine rings is 1. The molecular weight excluding hydrogens is 467 g/mol. The van der Waals surface area contributed by atoms with Crippen molar-refractivity contribution >= 4 is 39.5 Å². The summed E-state index contributed by atoms with van der Waals surface area (Å²) in [6.07, 6.45) is -3.04. The van der Waals surface area contributed by atoms with Crippen molar-refractivity contribution < 1.29 is 27.4 Å². The Morgan fingerprint density at radius 1 is 1.06 bits per heavy atom. The van der Waals surface area contributed by atoms with E-state index in [1.165, 1.54) is 23.5 Å². The molecule has 0 bridgehead atoms. The van der Waals surface area contributed by atoms with Crippen LogP contribution in [0.25, 0.3) is 10.9 Å². The number of thiophene rings is 1. The lowest BCUT2D eigenvalue weighted by Crippen LogP contribution is -2.17. The lowest BCUT2D eigenvalue weighted by Gasteiger charge is -2.12. The van der Waals surface area contributed by atoms with Crippen LogP contribution in [-0.4, -0.2) is 23.9 Å². The van der Waals surface area contributed by atoms with E-state index in [2.05, 4.69) is 20.4 Å². The van der Waals surface area contributed by atoms with Gasteiger partial charge in [0.1, 0.15) is 16.4 Å². The Hall–Kier alpha value is -3.79. The monoisotopic (exact) mass is 487 g/mol. The summed E-state index contributed by atoms with van der Waals surface area (Å²) in [5.74, 6) is 0.0211. The van der Waals surface area contributed by atoms with Gasteiger partial charge in [-0.1, -0.05) is 0 Å².